The van der Waals surface area contributed by atoms with Crippen molar-refractivity contribution < 1.29 is 13.9 Å². The summed E-state index contributed by atoms with van der Waals surface area (Å²) in [4.78, 5) is 16.4. The molecule has 0 aliphatic rings. The number of hydrogen-bond acceptors (Lipinski definition) is 4. The van der Waals surface area contributed by atoms with E-state index in [1.165, 1.54) is 0 Å². The van der Waals surface area contributed by atoms with Gasteiger partial charge >= 0.3 is 6.03 Å². The number of ether oxygens (including phenoxy) is 1. The lowest BCUT2D eigenvalue weighted by Crippen LogP contribution is -2.28. The molecule has 0 spiro atoms. The molecular weight excluding hydrogens is 342 g/mol. The number of benzene rings is 1. The zero-order valence-corrected chi connectivity index (χ0v) is 15.3. The topological polar surface area (TPSA) is 76.4 Å². The molecule has 0 saturated heterocycles. The fourth-order valence-corrected chi connectivity index (χ4v) is 2.47. The summed E-state index contributed by atoms with van der Waals surface area (Å²) in [6, 6.07) is 14.5. The summed E-state index contributed by atoms with van der Waals surface area (Å²) < 4.78 is 11.0. The number of carbonyl (C=O) groups is 1. The van der Waals surface area contributed by atoms with Crippen LogP contribution in [0.2, 0.25) is 0 Å². The summed E-state index contributed by atoms with van der Waals surface area (Å²) in [6.45, 7) is 3.22. The molecule has 27 heavy (non-hydrogen) atoms. The van der Waals surface area contributed by atoms with Crippen LogP contribution >= 0.6 is 0 Å². The molecule has 6 nitrogen and oxygen atoms in total. The molecule has 6 heteroatoms. The molecule has 0 aliphatic heterocycles. The lowest BCUT2D eigenvalue weighted by Gasteiger charge is -2.09. The van der Waals surface area contributed by atoms with Gasteiger partial charge in [-0.05, 0) is 60.5 Å². The minimum Gasteiger partial charge on any atom is -0.494 e. The molecule has 0 bridgehead atoms. The van der Waals surface area contributed by atoms with Gasteiger partial charge < -0.3 is 19.8 Å². The van der Waals surface area contributed by atoms with Gasteiger partial charge in [-0.2, -0.15) is 0 Å². The fraction of sp³-hybridized carbons (Fsp3) is 0.238. The predicted octanol–water partition coefficient (Wildman–Crippen LogP) is 4.84. The Labute approximate surface area is 158 Å². The molecule has 3 rings (SSSR count). The summed E-state index contributed by atoms with van der Waals surface area (Å²) in [7, 11) is 0. The van der Waals surface area contributed by atoms with Gasteiger partial charge in [0.25, 0.3) is 0 Å². The van der Waals surface area contributed by atoms with E-state index in [9.17, 15) is 4.79 Å². The van der Waals surface area contributed by atoms with Crippen LogP contribution in [0.3, 0.4) is 0 Å². The fourth-order valence-electron chi connectivity index (χ4n) is 2.47. The van der Waals surface area contributed by atoms with Gasteiger partial charge in [0.1, 0.15) is 11.4 Å². The Balaban J connectivity index is 1.49. The third kappa shape index (κ3) is 5.60. The third-order valence-electron chi connectivity index (χ3n) is 3.93. The Kier molecular flexibility index (Phi) is 6.46. The zero-order valence-electron chi connectivity index (χ0n) is 15.3. The first-order valence-corrected chi connectivity index (χ1v) is 9.01. The molecule has 0 atom stereocenters. The Morgan fingerprint density at radius 1 is 1.19 bits per heavy atom. The van der Waals surface area contributed by atoms with Gasteiger partial charge in [-0.25, -0.2) is 4.79 Å². The van der Waals surface area contributed by atoms with Crippen molar-refractivity contribution in [2.24, 2.45) is 0 Å². The van der Waals surface area contributed by atoms with E-state index >= 15 is 0 Å². The summed E-state index contributed by atoms with van der Waals surface area (Å²) in [5.74, 6) is 1.50. The van der Waals surface area contributed by atoms with Crippen LogP contribution in [0.15, 0.2) is 65.4 Å². The Bertz CT molecular complexity index is 845. The Morgan fingerprint density at radius 3 is 2.78 bits per heavy atom. The van der Waals surface area contributed by atoms with Gasteiger partial charge in [0.05, 0.1) is 12.9 Å². The average molecular weight is 365 g/mol. The van der Waals surface area contributed by atoms with Crippen molar-refractivity contribution in [2.75, 3.05) is 11.9 Å². The summed E-state index contributed by atoms with van der Waals surface area (Å²) in [5, 5.41) is 5.65. The molecule has 2 heterocycles. The molecule has 1 aromatic carbocycles. The summed E-state index contributed by atoms with van der Waals surface area (Å²) >= 11 is 0. The van der Waals surface area contributed by atoms with Crippen LogP contribution in [0, 0.1) is 0 Å². The second-order valence-corrected chi connectivity index (χ2v) is 6.06. The monoisotopic (exact) mass is 365 g/mol. The molecule has 0 unspecified atom stereocenters. The third-order valence-corrected chi connectivity index (χ3v) is 3.93. The van der Waals surface area contributed by atoms with Gasteiger partial charge in [-0.15, -0.1) is 0 Å². The van der Waals surface area contributed by atoms with E-state index in [2.05, 4.69) is 22.5 Å². The van der Waals surface area contributed by atoms with Crippen LogP contribution in [0.5, 0.6) is 5.75 Å². The normalized spacial score (nSPS) is 10.4. The molecular formula is C21H23N3O3. The van der Waals surface area contributed by atoms with Crippen LogP contribution in [-0.2, 0) is 6.54 Å². The highest BCUT2D eigenvalue weighted by Crippen LogP contribution is 2.18. The molecule has 140 valence electrons. The number of aromatic nitrogens is 1. The summed E-state index contributed by atoms with van der Waals surface area (Å²) in [5.41, 5.74) is 2.38. The van der Waals surface area contributed by atoms with E-state index in [1.54, 1.807) is 12.5 Å². The van der Waals surface area contributed by atoms with Crippen LogP contribution in [0.4, 0.5) is 10.5 Å². The van der Waals surface area contributed by atoms with Crippen molar-refractivity contribution in [1.29, 1.82) is 0 Å². The van der Waals surface area contributed by atoms with Crippen LogP contribution in [-0.4, -0.2) is 17.6 Å². The van der Waals surface area contributed by atoms with Gasteiger partial charge in [-0.3, -0.25) is 4.98 Å². The van der Waals surface area contributed by atoms with Gasteiger partial charge in [0.15, 0.2) is 5.76 Å². The molecule has 0 saturated carbocycles. The van der Waals surface area contributed by atoms with Gasteiger partial charge in [0, 0.05) is 18.4 Å². The highest BCUT2D eigenvalue weighted by molar-refractivity contribution is 5.89. The van der Waals surface area contributed by atoms with Crippen molar-refractivity contribution in [3.8, 4) is 17.2 Å². The van der Waals surface area contributed by atoms with Gasteiger partial charge in [-0.1, -0.05) is 13.3 Å². The molecule has 3 aromatic rings. The first-order chi connectivity index (χ1) is 13.2. The average Bonchev–Trinajstić information content (AvgIpc) is 3.23. The number of carbonyl (C=O) groups excluding carboxylic acids is 1. The van der Waals surface area contributed by atoms with E-state index < -0.39 is 0 Å². The summed E-state index contributed by atoms with van der Waals surface area (Å²) in [6.07, 6.45) is 5.43. The van der Waals surface area contributed by atoms with E-state index in [-0.39, 0.29) is 6.03 Å². The molecule has 0 radical (unpaired) electrons. The maximum atomic E-state index is 12.1. The van der Waals surface area contributed by atoms with E-state index in [4.69, 9.17) is 9.15 Å². The van der Waals surface area contributed by atoms with Crippen molar-refractivity contribution in [2.45, 2.75) is 26.3 Å². The molecule has 2 amide bonds. The lowest BCUT2D eigenvalue weighted by molar-refractivity contribution is 0.251. The van der Waals surface area contributed by atoms with E-state index in [1.807, 2.05) is 48.5 Å². The molecule has 2 aromatic heterocycles. The number of pyridine rings is 1. The number of unbranched alkanes of at least 4 members (excludes halogenated alkanes) is 1. The van der Waals surface area contributed by atoms with E-state index in [0.717, 1.165) is 29.8 Å². The number of furan rings is 1. The minimum atomic E-state index is -0.272. The maximum absolute atomic E-state index is 12.1. The quantitative estimate of drug-likeness (QED) is 0.560. The Morgan fingerprint density at radius 2 is 2.04 bits per heavy atom. The SMILES string of the molecule is CCCCOc1ccc(NC(=O)NCc2ccnc(-c3ccco3)c2)cc1. The van der Waals surface area contributed by atoms with Crippen LogP contribution in [0.1, 0.15) is 25.3 Å². The van der Waals surface area contributed by atoms with E-state index in [0.29, 0.717) is 24.6 Å². The van der Waals surface area contributed by atoms with Crippen molar-refractivity contribution >= 4 is 11.7 Å². The molecule has 2 N–H and O–H groups in total. The number of rotatable bonds is 8. The molecule has 0 fully saturated rings. The van der Waals surface area contributed by atoms with Crippen LogP contribution < -0.4 is 15.4 Å². The standard InChI is InChI=1S/C21H23N3O3/c1-2-3-12-26-18-8-6-17(7-9-18)24-21(25)23-15-16-10-11-22-19(14-16)20-5-4-13-27-20/h4-11,13-14H,2-3,12,15H2,1H3,(H2,23,24,25). The number of nitrogens with zero attached hydrogens (tertiary/aromatic N) is 1. The maximum Gasteiger partial charge on any atom is 0.319 e. The minimum absolute atomic E-state index is 0.272. The number of nitrogens with one attached hydrogen (secondary N) is 2. The van der Waals surface area contributed by atoms with Crippen molar-refractivity contribution in [1.82, 2.24) is 10.3 Å². The largest absolute Gasteiger partial charge is 0.494 e. The highest BCUT2D eigenvalue weighted by Gasteiger charge is 2.06. The Hall–Kier alpha value is -3.28. The number of hydrogen-bond donors (Lipinski definition) is 2. The number of amides is 2. The first-order valence-electron chi connectivity index (χ1n) is 9.01. The van der Waals surface area contributed by atoms with Crippen molar-refractivity contribution in [3.63, 3.8) is 0 Å². The highest BCUT2D eigenvalue weighted by atomic mass is 16.5. The van der Waals surface area contributed by atoms with Crippen molar-refractivity contribution in [3.05, 3.63) is 66.6 Å². The second-order valence-electron chi connectivity index (χ2n) is 6.06. The van der Waals surface area contributed by atoms with Gasteiger partial charge in [0.2, 0.25) is 0 Å². The predicted molar refractivity (Wildman–Crippen MR) is 105 cm³/mol. The molecule has 0 aliphatic carbocycles. The number of urea groups is 1. The lowest BCUT2D eigenvalue weighted by atomic mass is 10.2. The first kappa shape index (κ1) is 18.5. The zero-order chi connectivity index (χ0) is 18.9. The number of anilines is 1. The van der Waals surface area contributed by atoms with Crippen LogP contribution in [0.25, 0.3) is 11.5 Å². The smallest absolute Gasteiger partial charge is 0.319 e. The second kappa shape index (κ2) is 9.43.